The van der Waals surface area contributed by atoms with E-state index in [1.54, 1.807) is 10.9 Å². The fourth-order valence-corrected chi connectivity index (χ4v) is 1.78. The van der Waals surface area contributed by atoms with Gasteiger partial charge in [0.15, 0.2) is 11.6 Å². The maximum atomic E-state index is 13.2. The Morgan fingerprint density at radius 3 is 2.67 bits per heavy atom. The van der Waals surface area contributed by atoms with Crippen LogP contribution in [0.25, 0.3) is 0 Å². The maximum absolute atomic E-state index is 13.2. The lowest BCUT2D eigenvalue weighted by Gasteiger charge is -2.14. The third kappa shape index (κ3) is 2.39. The second kappa shape index (κ2) is 5.24. The molecular weight excluding hydrogens is 238 g/mol. The largest absolute Gasteiger partial charge is 0.273 e. The van der Waals surface area contributed by atoms with E-state index in [0.717, 1.165) is 24.2 Å². The molecule has 1 aromatic heterocycles. The van der Waals surface area contributed by atoms with Crippen molar-refractivity contribution >= 4 is 0 Å². The second-order valence-electron chi connectivity index (χ2n) is 3.90. The monoisotopic (exact) mass is 252 g/mol. The van der Waals surface area contributed by atoms with Crippen LogP contribution < -0.4 is 11.3 Å². The summed E-state index contributed by atoms with van der Waals surface area (Å²) in [5, 5.41) is 4.12. The van der Waals surface area contributed by atoms with E-state index in [-0.39, 0.29) is 0 Å². The molecule has 1 atom stereocenters. The first-order valence-electron chi connectivity index (χ1n) is 5.59. The van der Waals surface area contributed by atoms with Crippen LogP contribution in [0.3, 0.4) is 0 Å². The summed E-state index contributed by atoms with van der Waals surface area (Å²) in [7, 11) is 0. The number of nitrogens with two attached hydrogens (primary N) is 1. The molecule has 0 aliphatic rings. The van der Waals surface area contributed by atoms with Crippen LogP contribution in [0.15, 0.2) is 30.6 Å². The van der Waals surface area contributed by atoms with Crippen LogP contribution in [-0.2, 0) is 6.54 Å². The summed E-state index contributed by atoms with van der Waals surface area (Å²) in [5.41, 5.74) is 3.92. The van der Waals surface area contributed by atoms with Crippen molar-refractivity contribution in [3.63, 3.8) is 0 Å². The number of halogens is 2. The number of rotatable bonds is 4. The van der Waals surface area contributed by atoms with Crippen molar-refractivity contribution in [3.8, 4) is 0 Å². The van der Waals surface area contributed by atoms with Crippen molar-refractivity contribution in [1.82, 2.24) is 15.2 Å². The normalized spacial score (nSPS) is 12.7. The van der Waals surface area contributed by atoms with Crippen LogP contribution >= 0.6 is 0 Å². The summed E-state index contributed by atoms with van der Waals surface area (Å²) < 4.78 is 27.8. The molecule has 0 saturated heterocycles. The molecule has 0 bridgehead atoms. The minimum Gasteiger partial charge on any atom is -0.273 e. The van der Waals surface area contributed by atoms with Crippen molar-refractivity contribution in [2.24, 2.45) is 5.84 Å². The third-order valence-electron chi connectivity index (χ3n) is 2.75. The average Bonchev–Trinajstić information content (AvgIpc) is 2.83. The van der Waals surface area contributed by atoms with Gasteiger partial charge in [0.1, 0.15) is 0 Å². The Morgan fingerprint density at radius 1 is 1.33 bits per heavy atom. The first-order chi connectivity index (χ1) is 8.65. The van der Waals surface area contributed by atoms with E-state index in [1.165, 1.54) is 6.07 Å². The number of nitrogens with one attached hydrogen (secondary N) is 1. The zero-order valence-electron chi connectivity index (χ0n) is 9.90. The smallest absolute Gasteiger partial charge is 0.159 e. The summed E-state index contributed by atoms with van der Waals surface area (Å²) in [4.78, 5) is 0. The minimum atomic E-state index is -0.893. The zero-order chi connectivity index (χ0) is 13.1. The summed E-state index contributed by atoms with van der Waals surface area (Å²) in [6, 6.07) is 3.29. The van der Waals surface area contributed by atoms with Gasteiger partial charge < -0.3 is 0 Å². The zero-order valence-corrected chi connectivity index (χ0v) is 9.90. The Labute approximate surface area is 103 Å². The summed E-state index contributed by atoms with van der Waals surface area (Å²) in [6.07, 6.45) is 3.46. The lowest BCUT2D eigenvalue weighted by molar-refractivity contribution is 0.504. The molecule has 0 amide bonds. The van der Waals surface area contributed by atoms with Crippen LogP contribution in [0.2, 0.25) is 0 Å². The van der Waals surface area contributed by atoms with Crippen molar-refractivity contribution < 1.29 is 8.78 Å². The Bertz CT molecular complexity index is 539. The fraction of sp³-hybridized carbons (Fsp3) is 0.250. The van der Waals surface area contributed by atoms with Gasteiger partial charge in [-0.15, -0.1) is 0 Å². The first kappa shape index (κ1) is 12.7. The van der Waals surface area contributed by atoms with E-state index in [9.17, 15) is 8.78 Å². The molecule has 0 aliphatic heterocycles. The number of aryl methyl sites for hydroxylation is 1. The minimum absolute atomic E-state index is 0.416. The molecule has 4 nitrogen and oxygen atoms in total. The van der Waals surface area contributed by atoms with Gasteiger partial charge in [0.2, 0.25) is 0 Å². The SMILES string of the molecule is CCn1cc(C(NN)c2ccc(F)c(F)c2)cn1. The quantitative estimate of drug-likeness (QED) is 0.643. The predicted octanol–water partition coefficient (Wildman–Crippen LogP) is 1.73. The van der Waals surface area contributed by atoms with Gasteiger partial charge in [-0.25, -0.2) is 14.2 Å². The van der Waals surface area contributed by atoms with Gasteiger partial charge in [-0.1, -0.05) is 6.07 Å². The van der Waals surface area contributed by atoms with Crippen LogP contribution in [0.1, 0.15) is 24.1 Å². The molecule has 6 heteroatoms. The number of aromatic nitrogens is 2. The van der Waals surface area contributed by atoms with E-state index >= 15 is 0 Å². The van der Waals surface area contributed by atoms with Gasteiger partial charge in [-0.2, -0.15) is 5.10 Å². The highest BCUT2D eigenvalue weighted by Crippen LogP contribution is 2.22. The number of hydrazine groups is 1. The maximum Gasteiger partial charge on any atom is 0.159 e. The molecule has 2 aromatic rings. The summed E-state index contributed by atoms with van der Waals surface area (Å²) in [5.74, 6) is 3.70. The Kier molecular flexibility index (Phi) is 3.69. The molecule has 0 saturated carbocycles. The second-order valence-corrected chi connectivity index (χ2v) is 3.90. The van der Waals surface area contributed by atoms with E-state index < -0.39 is 17.7 Å². The molecule has 1 heterocycles. The van der Waals surface area contributed by atoms with Crippen molar-refractivity contribution in [2.45, 2.75) is 19.5 Å². The van der Waals surface area contributed by atoms with Gasteiger partial charge >= 0.3 is 0 Å². The number of hydrogen-bond acceptors (Lipinski definition) is 3. The topological polar surface area (TPSA) is 55.9 Å². The molecule has 0 spiro atoms. The Hall–Kier alpha value is -1.79. The molecule has 0 radical (unpaired) electrons. The molecule has 1 aromatic carbocycles. The standard InChI is InChI=1S/C12H14F2N4/c1-2-18-7-9(6-16-18)12(17-15)8-3-4-10(13)11(14)5-8/h3-7,12,17H,2,15H2,1H3. The predicted molar refractivity (Wildman–Crippen MR) is 63.4 cm³/mol. The van der Waals surface area contributed by atoms with Gasteiger partial charge in [0.05, 0.1) is 12.2 Å². The average molecular weight is 252 g/mol. The van der Waals surface area contributed by atoms with E-state index in [0.29, 0.717) is 5.56 Å². The highest BCUT2D eigenvalue weighted by Gasteiger charge is 2.16. The van der Waals surface area contributed by atoms with Crippen LogP contribution in [0.4, 0.5) is 8.78 Å². The number of hydrogen-bond donors (Lipinski definition) is 2. The molecule has 18 heavy (non-hydrogen) atoms. The van der Waals surface area contributed by atoms with Gasteiger partial charge in [-0.3, -0.25) is 10.5 Å². The summed E-state index contributed by atoms with van der Waals surface area (Å²) in [6.45, 7) is 2.69. The van der Waals surface area contributed by atoms with E-state index in [1.807, 2.05) is 13.1 Å². The van der Waals surface area contributed by atoms with Gasteiger partial charge in [0.25, 0.3) is 0 Å². The molecule has 0 fully saturated rings. The molecule has 2 rings (SSSR count). The van der Waals surface area contributed by atoms with Crippen LogP contribution in [-0.4, -0.2) is 9.78 Å². The van der Waals surface area contributed by atoms with E-state index in [2.05, 4.69) is 10.5 Å². The lowest BCUT2D eigenvalue weighted by Crippen LogP contribution is -2.28. The molecule has 1 unspecified atom stereocenters. The van der Waals surface area contributed by atoms with Gasteiger partial charge in [-0.05, 0) is 24.6 Å². The third-order valence-corrected chi connectivity index (χ3v) is 2.75. The Balaban J connectivity index is 2.35. The number of nitrogens with zero attached hydrogens (tertiary/aromatic N) is 2. The Morgan fingerprint density at radius 2 is 2.11 bits per heavy atom. The summed E-state index contributed by atoms with van der Waals surface area (Å²) >= 11 is 0. The van der Waals surface area contributed by atoms with Crippen molar-refractivity contribution in [3.05, 3.63) is 53.4 Å². The molecule has 3 N–H and O–H groups in total. The molecule has 0 aliphatic carbocycles. The van der Waals surface area contributed by atoms with Crippen molar-refractivity contribution in [2.75, 3.05) is 0 Å². The molecular formula is C12H14F2N4. The van der Waals surface area contributed by atoms with Crippen molar-refractivity contribution in [1.29, 1.82) is 0 Å². The first-order valence-corrected chi connectivity index (χ1v) is 5.59. The van der Waals surface area contributed by atoms with Crippen LogP contribution in [0.5, 0.6) is 0 Å². The molecule has 96 valence electrons. The fourth-order valence-electron chi connectivity index (χ4n) is 1.78. The van der Waals surface area contributed by atoms with Gasteiger partial charge in [0, 0.05) is 18.3 Å². The highest BCUT2D eigenvalue weighted by molar-refractivity contribution is 5.29. The van der Waals surface area contributed by atoms with E-state index in [4.69, 9.17) is 5.84 Å². The van der Waals surface area contributed by atoms with Crippen LogP contribution in [0, 0.1) is 11.6 Å². The lowest BCUT2D eigenvalue weighted by atomic mass is 10.0. The number of benzene rings is 1. The highest BCUT2D eigenvalue weighted by atomic mass is 19.2.